The first-order valence-electron chi connectivity index (χ1n) is 7.83. The number of nitrogens with one attached hydrogen (secondary N) is 1. The third-order valence-corrected chi connectivity index (χ3v) is 3.58. The second-order valence-corrected chi connectivity index (χ2v) is 5.47. The number of carbonyl (C=O) groups is 2. The Morgan fingerprint density at radius 2 is 1.75 bits per heavy atom. The van der Waals surface area contributed by atoms with Crippen molar-refractivity contribution in [3.63, 3.8) is 0 Å². The van der Waals surface area contributed by atoms with Gasteiger partial charge < -0.3 is 15.2 Å². The molecule has 0 saturated carbocycles. The zero-order valence-electron chi connectivity index (χ0n) is 13.6. The van der Waals surface area contributed by atoms with Gasteiger partial charge in [0.15, 0.2) is 6.04 Å². The van der Waals surface area contributed by atoms with Gasteiger partial charge in [-0.2, -0.15) is 0 Å². The minimum Gasteiger partial charge on any atom is -0.493 e. The minimum absolute atomic E-state index is 0.211. The van der Waals surface area contributed by atoms with Gasteiger partial charge in [0.1, 0.15) is 5.75 Å². The second-order valence-electron chi connectivity index (χ2n) is 5.47. The molecule has 0 heterocycles. The smallest absolute Gasteiger partial charge is 0.330 e. The van der Waals surface area contributed by atoms with Crippen molar-refractivity contribution in [1.29, 1.82) is 0 Å². The van der Waals surface area contributed by atoms with Crippen molar-refractivity contribution < 1.29 is 19.4 Å². The fourth-order valence-corrected chi connectivity index (χ4v) is 2.30. The molecule has 5 nitrogen and oxygen atoms in total. The average Bonchev–Trinajstić information content (AvgIpc) is 2.58. The molecule has 0 spiro atoms. The summed E-state index contributed by atoms with van der Waals surface area (Å²) in [4.78, 5) is 23.3. The lowest BCUT2D eigenvalue weighted by Crippen LogP contribution is -2.33. The van der Waals surface area contributed by atoms with Crippen LogP contribution in [0.3, 0.4) is 0 Å². The lowest BCUT2D eigenvalue weighted by atomic mass is 10.1. The molecule has 0 unspecified atom stereocenters. The van der Waals surface area contributed by atoms with E-state index in [1.54, 1.807) is 30.3 Å². The van der Waals surface area contributed by atoms with Crippen molar-refractivity contribution in [2.45, 2.75) is 25.8 Å². The number of ether oxygens (including phenoxy) is 1. The predicted molar refractivity (Wildman–Crippen MR) is 90.9 cm³/mol. The van der Waals surface area contributed by atoms with E-state index in [1.807, 2.05) is 31.2 Å². The van der Waals surface area contributed by atoms with Crippen LogP contribution in [0.1, 0.15) is 30.0 Å². The van der Waals surface area contributed by atoms with Crippen molar-refractivity contribution in [3.05, 3.63) is 65.7 Å². The molecule has 0 radical (unpaired) electrons. The van der Waals surface area contributed by atoms with Crippen molar-refractivity contribution in [2.75, 3.05) is 6.61 Å². The third-order valence-electron chi connectivity index (χ3n) is 3.58. The van der Waals surface area contributed by atoms with Gasteiger partial charge in [-0.25, -0.2) is 4.79 Å². The number of amides is 1. The molecule has 5 heteroatoms. The van der Waals surface area contributed by atoms with Crippen LogP contribution in [0.5, 0.6) is 5.75 Å². The average molecular weight is 327 g/mol. The van der Waals surface area contributed by atoms with Crippen LogP contribution in [0.15, 0.2) is 54.6 Å². The number of hydrogen-bond donors (Lipinski definition) is 2. The van der Waals surface area contributed by atoms with Gasteiger partial charge in [-0.1, -0.05) is 48.5 Å². The molecule has 0 fully saturated rings. The molecule has 0 bridgehead atoms. The Morgan fingerprint density at radius 3 is 2.42 bits per heavy atom. The highest BCUT2D eigenvalue weighted by atomic mass is 16.5. The molecular formula is C19H21NO4. The fraction of sp³-hybridized carbons (Fsp3) is 0.263. The monoisotopic (exact) mass is 327 g/mol. The van der Waals surface area contributed by atoms with Crippen LogP contribution in [0.4, 0.5) is 0 Å². The highest BCUT2D eigenvalue weighted by Crippen LogP contribution is 2.17. The topological polar surface area (TPSA) is 75.6 Å². The summed E-state index contributed by atoms with van der Waals surface area (Å²) in [7, 11) is 0. The number of carboxylic acid groups (broad SMARTS) is 1. The van der Waals surface area contributed by atoms with E-state index < -0.39 is 12.0 Å². The minimum atomic E-state index is -1.08. The van der Waals surface area contributed by atoms with Crippen molar-refractivity contribution in [2.24, 2.45) is 0 Å². The Balaban J connectivity index is 1.80. The van der Waals surface area contributed by atoms with Crippen LogP contribution in [0.2, 0.25) is 0 Å². The van der Waals surface area contributed by atoms with E-state index in [0.29, 0.717) is 18.6 Å². The Labute approximate surface area is 141 Å². The molecule has 0 aliphatic carbocycles. The SMILES string of the molecule is Cc1ccccc1OCCCC(=O)N[C@H](C(=O)O)c1ccccc1. The molecule has 2 aromatic rings. The van der Waals surface area contributed by atoms with E-state index in [4.69, 9.17) is 4.74 Å². The summed E-state index contributed by atoms with van der Waals surface area (Å²) < 4.78 is 5.63. The number of para-hydroxylation sites is 1. The number of carboxylic acids is 1. The molecule has 0 aliphatic heterocycles. The van der Waals surface area contributed by atoms with Gasteiger partial charge >= 0.3 is 5.97 Å². The number of benzene rings is 2. The summed E-state index contributed by atoms with van der Waals surface area (Å²) in [6.45, 7) is 2.36. The van der Waals surface area contributed by atoms with Gasteiger partial charge in [0.25, 0.3) is 0 Å². The summed E-state index contributed by atoms with van der Waals surface area (Å²) in [5.41, 5.74) is 1.59. The molecular weight excluding hydrogens is 306 g/mol. The Kier molecular flexibility index (Phi) is 6.37. The van der Waals surface area contributed by atoms with Gasteiger partial charge in [-0.05, 0) is 30.5 Å². The number of carbonyl (C=O) groups excluding carboxylic acids is 1. The first kappa shape index (κ1) is 17.5. The lowest BCUT2D eigenvalue weighted by molar-refractivity contribution is -0.142. The van der Waals surface area contributed by atoms with Crippen LogP contribution in [-0.4, -0.2) is 23.6 Å². The highest BCUT2D eigenvalue weighted by molar-refractivity contribution is 5.84. The predicted octanol–water partition coefficient (Wildman–Crippen LogP) is 3.10. The van der Waals surface area contributed by atoms with Crippen molar-refractivity contribution >= 4 is 11.9 Å². The van der Waals surface area contributed by atoms with E-state index in [-0.39, 0.29) is 12.3 Å². The van der Waals surface area contributed by atoms with Gasteiger partial charge in [-0.3, -0.25) is 4.79 Å². The van der Waals surface area contributed by atoms with Gasteiger partial charge in [0.05, 0.1) is 6.61 Å². The van der Waals surface area contributed by atoms with Gasteiger partial charge in [0, 0.05) is 6.42 Å². The molecule has 2 N–H and O–H groups in total. The summed E-state index contributed by atoms with van der Waals surface area (Å²) in [6, 6.07) is 15.3. The highest BCUT2D eigenvalue weighted by Gasteiger charge is 2.21. The Morgan fingerprint density at radius 1 is 1.08 bits per heavy atom. The van der Waals surface area contributed by atoms with Crippen LogP contribution in [-0.2, 0) is 9.59 Å². The molecule has 1 atom stereocenters. The Hall–Kier alpha value is -2.82. The molecule has 24 heavy (non-hydrogen) atoms. The maximum absolute atomic E-state index is 12.0. The van der Waals surface area contributed by atoms with Crippen molar-refractivity contribution in [3.8, 4) is 5.75 Å². The van der Waals surface area contributed by atoms with Crippen LogP contribution >= 0.6 is 0 Å². The molecule has 2 rings (SSSR count). The normalized spacial score (nSPS) is 11.5. The molecule has 0 aliphatic rings. The van der Waals surface area contributed by atoms with Gasteiger partial charge in [0.2, 0.25) is 5.91 Å². The van der Waals surface area contributed by atoms with E-state index in [1.165, 1.54) is 0 Å². The second kappa shape index (κ2) is 8.72. The van der Waals surface area contributed by atoms with Crippen LogP contribution < -0.4 is 10.1 Å². The van der Waals surface area contributed by atoms with E-state index >= 15 is 0 Å². The van der Waals surface area contributed by atoms with Crippen LogP contribution in [0.25, 0.3) is 0 Å². The van der Waals surface area contributed by atoms with Crippen molar-refractivity contribution in [1.82, 2.24) is 5.32 Å². The fourth-order valence-electron chi connectivity index (χ4n) is 2.30. The van der Waals surface area contributed by atoms with E-state index in [9.17, 15) is 14.7 Å². The maximum atomic E-state index is 12.0. The largest absolute Gasteiger partial charge is 0.493 e. The standard InChI is InChI=1S/C19H21NO4/c1-14-8-5-6-11-16(14)24-13-7-12-17(21)20-18(19(22)23)15-9-3-2-4-10-15/h2-6,8-11,18H,7,12-13H2,1H3,(H,20,21)(H,22,23)/t18-/m0/s1. The molecule has 0 aromatic heterocycles. The number of rotatable bonds is 8. The van der Waals surface area contributed by atoms with E-state index in [0.717, 1.165) is 11.3 Å². The first-order valence-corrected chi connectivity index (χ1v) is 7.83. The number of aryl methyl sites for hydroxylation is 1. The zero-order valence-corrected chi connectivity index (χ0v) is 13.6. The quantitative estimate of drug-likeness (QED) is 0.731. The molecule has 1 amide bonds. The molecule has 126 valence electrons. The summed E-state index contributed by atoms with van der Waals surface area (Å²) >= 11 is 0. The van der Waals surface area contributed by atoms with E-state index in [2.05, 4.69) is 5.32 Å². The lowest BCUT2D eigenvalue weighted by Gasteiger charge is -2.15. The Bertz CT molecular complexity index is 685. The van der Waals surface area contributed by atoms with Gasteiger partial charge in [-0.15, -0.1) is 0 Å². The maximum Gasteiger partial charge on any atom is 0.330 e. The zero-order chi connectivity index (χ0) is 17.4. The number of aliphatic carboxylic acids is 1. The summed E-state index contributed by atoms with van der Waals surface area (Å²) in [6.07, 6.45) is 0.726. The first-order chi connectivity index (χ1) is 11.6. The van der Waals surface area contributed by atoms with Crippen LogP contribution in [0, 0.1) is 6.92 Å². The number of hydrogen-bond acceptors (Lipinski definition) is 3. The molecule has 0 saturated heterocycles. The molecule has 2 aromatic carbocycles. The third kappa shape index (κ3) is 5.12. The summed E-state index contributed by atoms with van der Waals surface area (Å²) in [5, 5.41) is 11.8. The summed E-state index contributed by atoms with van der Waals surface area (Å²) in [5.74, 6) is -0.587.